The lowest BCUT2D eigenvalue weighted by molar-refractivity contribution is -0.108. The Bertz CT molecular complexity index is 1710. The number of carbonyl (C=O) groups is 1. The van der Waals surface area contributed by atoms with Crippen LogP contribution in [0.25, 0.3) is 5.57 Å². The van der Waals surface area contributed by atoms with Crippen LogP contribution in [-0.4, -0.2) is 58.0 Å². The lowest BCUT2D eigenvalue weighted by Gasteiger charge is -2.32. The van der Waals surface area contributed by atoms with E-state index in [2.05, 4.69) is 14.8 Å². The summed E-state index contributed by atoms with van der Waals surface area (Å²) in [5.74, 6) is -0.404. The number of thiazole rings is 1. The van der Waals surface area contributed by atoms with Crippen LogP contribution in [0.3, 0.4) is 0 Å². The Morgan fingerprint density at radius 1 is 1.23 bits per heavy atom. The highest BCUT2D eigenvalue weighted by Crippen LogP contribution is 2.47. The second-order valence-electron chi connectivity index (χ2n) is 11.2. The molecule has 2 aromatic heterocycles. The van der Waals surface area contributed by atoms with Gasteiger partial charge >= 0.3 is 6.55 Å². The quantitative estimate of drug-likeness (QED) is 0.273. The van der Waals surface area contributed by atoms with E-state index in [9.17, 15) is 26.4 Å². The van der Waals surface area contributed by atoms with E-state index >= 15 is 0 Å². The number of sulfonamides is 1. The predicted octanol–water partition coefficient (Wildman–Crippen LogP) is 5.83. The third-order valence-corrected chi connectivity index (χ3v) is 11.9. The van der Waals surface area contributed by atoms with Gasteiger partial charge in [-0.1, -0.05) is 31.0 Å². The summed E-state index contributed by atoms with van der Waals surface area (Å²) in [5.41, 5.74) is 1.75. The number of carbonyl (C=O) groups excluding carboxylic acids is 1. The Balaban J connectivity index is 1.45. The minimum atomic E-state index is -3.85. The number of nitrogens with zero attached hydrogens (tertiary/aromatic N) is 5. The zero-order valence-electron chi connectivity index (χ0n) is 23.6. The molecule has 5 atom stereocenters. The number of benzene rings is 1. The maximum absolute atomic E-state index is 14.1. The number of alkyl halides is 2. The van der Waals surface area contributed by atoms with Crippen molar-refractivity contribution in [1.82, 2.24) is 24.4 Å². The van der Waals surface area contributed by atoms with E-state index in [4.69, 9.17) is 16.6 Å². The summed E-state index contributed by atoms with van der Waals surface area (Å²) >= 11 is 7.86. The highest BCUT2D eigenvalue weighted by atomic mass is 35.5. The number of halogens is 4. The maximum Gasteiger partial charge on any atom is 0.333 e. The van der Waals surface area contributed by atoms with Crippen molar-refractivity contribution in [2.45, 2.75) is 62.9 Å². The molecule has 2 aliphatic heterocycles. The lowest BCUT2D eigenvalue weighted by Crippen LogP contribution is -2.46. The molecule has 6 rings (SSSR count). The molecule has 3 aliphatic rings. The zero-order valence-corrected chi connectivity index (χ0v) is 26.0. The second kappa shape index (κ2) is 12.4. The van der Waals surface area contributed by atoms with Crippen molar-refractivity contribution in [1.29, 1.82) is 0 Å². The number of rotatable bonds is 10. The third kappa shape index (κ3) is 5.72. The highest BCUT2D eigenvalue weighted by Gasteiger charge is 2.47. The molecule has 44 heavy (non-hydrogen) atoms. The Morgan fingerprint density at radius 2 is 2.02 bits per heavy atom. The highest BCUT2D eigenvalue weighted by molar-refractivity contribution is 7.90. The van der Waals surface area contributed by atoms with Gasteiger partial charge in [0.2, 0.25) is 10.0 Å². The summed E-state index contributed by atoms with van der Waals surface area (Å²) in [6.45, 7) is -0.714. The first-order valence-corrected chi connectivity index (χ1v) is 17.1. The number of hydrogen-bond donors (Lipinski definition) is 1. The SMILES string of the molecule is CCC1CCC(CC=O)[C@@H]1S(=O)(=O)N[C@H]1CC2=C(c3ccn(C(F)F)n3)[C@H](c3ccc(F)cc3Cl)N=C(c3nccs3)N2C1. The molecule has 1 aromatic carbocycles. The number of aromatic nitrogens is 3. The molecule has 15 heteroatoms. The molecule has 1 aliphatic carbocycles. The van der Waals surface area contributed by atoms with Crippen LogP contribution in [0.15, 0.2) is 52.7 Å². The van der Waals surface area contributed by atoms with Gasteiger partial charge in [0.15, 0.2) is 10.8 Å². The maximum atomic E-state index is 14.1. The van der Waals surface area contributed by atoms with Gasteiger partial charge in [-0.2, -0.15) is 13.9 Å². The molecule has 0 radical (unpaired) electrons. The molecule has 4 heterocycles. The van der Waals surface area contributed by atoms with Gasteiger partial charge in [0.25, 0.3) is 0 Å². The first kappa shape index (κ1) is 30.9. The van der Waals surface area contributed by atoms with Crippen LogP contribution in [0.1, 0.15) is 67.9 Å². The van der Waals surface area contributed by atoms with E-state index in [1.54, 1.807) is 11.6 Å². The number of fused-ring (bicyclic) bond motifs is 1. The molecule has 2 unspecified atom stereocenters. The fourth-order valence-corrected chi connectivity index (χ4v) is 10.1. The number of aldehydes is 1. The number of aliphatic imine (C=N–C) groups is 1. The van der Waals surface area contributed by atoms with Crippen molar-refractivity contribution in [3.8, 4) is 0 Å². The number of nitrogens with one attached hydrogen (secondary N) is 1. The molecule has 1 saturated heterocycles. The van der Waals surface area contributed by atoms with Crippen LogP contribution in [0.2, 0.25) is 5.02 Å². The van der Waals surface area contributed by atoms with Crippen molar-refractivity contribution in [3.63, 3.8) is 0 Å². The minimum absolute atomic E-state index is 0.0630. The fourth-order valence-electron chi connectivity index (χ4n) is 6.80. The summed E-state index contributed by atoms with van der Waals surface area (Å²) < 4.78 is 72.6. The van der Waals surface area contributed by atoms with Gasteiger partial charge in [-0.15, -0.1) is 11.3 Å². The Hall–Kier alpha value is -3.07. The molecule has 9 nitrogen and oxygen atoms in total. The molecule has 0 bridgehead atoms. The van der Waals surface area contributed by atoms with E-state index in [1.165, 1.54) is 29.5 Å². The van der Waals surface area contributed by atoms with Gasteiger partial charge in [0.1, 0.15) is 18.1 Å². The monoisotopic (exact) mass is 666 g/mol. The summed E-state index contributed by atoms with van der Waals surface area (Å²) in [6, 6.07) is 3.91. The van der Waals surface area contributed by atoms with E-state index in [0.717, 1.165) is 25.0 Å². The molecular formula is C29H30ClF3N6O3S2. The first-order valence-electron chi connectivity index (χ1n) is 14.3. The molecule has 1 N–H and O–H groups in total. The van der Waals surface area contributed by atoms with Crippen molar-refractivity contribution in [2.24, 2.45) is 16.8 Å². The van der Waals surface area contributed by atoms with E-state index < -0.39 is 39.7 Å². The van der Waals surface area contributed by atoms with E-state index in [0.29, 0.717) is 45.2 Å². The largest absolute Gasteiger partial charge is 0.333 e. The average Bonchev–Trinajstić information content (AvgIpc) is 3.79. The third-order valence-electron chi connectivity index (χ3n) is 8.67. The Labute approximate surface area is 261 Å². The summed E-state index contributed by atoms with van der Waals surface area (Å²) in [4.78, 5) is 22.6. The van der Waals surface area contributed by atoms with Crippen LogP contribution < -0.4 is 4.72 Å². The fraction of sp³-hybridized carbons (Fsp3) is 0.448. The standard InChI is InChI=1S/C29H30ClF3N6O3S2/c1-2-16-3-4-17(8-11-40)26(16)44(41,42)37-19-14-23-24(22-7-10-39(36-22)29(32)33)25(20-6-5-18(31)13-21(20)30)35-27(38(23)15-19)28-34-9-12-43-28/h5-7,9-13,16-17,19,25-26,29,37H,2-4,8,14-15H2,1H3/t16?,17?,19-,25-,26+/m0/s1. The van der Waals surface area contributed by atoms with Crippen molar-refractivity contribution in [2.75, 3.05) is 6.54 Å². The van der Waals surface area contributed by atoms with Crippen LogP contribution in [-0.2, 0) is 14.8 Å². The lowest BCUT2D eigenvalue weighted by atomic mass is 9.92. The normalized spacial score (nSPS) is 25.5. The Morgan fingerprint density at radius 3 is 2.68 bits per heavy atom. The summed E-state index contributed by atoms with van der Waals surface area (Å²) in [7, 11) is -3.85. The van der Waals surface area contributed by atoms with Gasteiger partial charge in [-0.3, -0.25) is 4.99 Å². The zero-order chi connectivity index (χ0) is 31.2. The molecule has 0 amide bonds. The van der Waals surface area contributed by atoms with Crippen LogP contribution in [0.4, 0.5) is 13.2 Å². The van der Waals surface area contributed by atoms with Gasteiger partial charge in [0, 0.05) is 65.1 Å². The van der Waals surface area contributed by atoms with Crippen molar-refractivity contribution >= 4 is 50.7 Å². The second-order valence-corrected chi connectivity index (χ2v) is 14.4. The minimum Gasteiger partial charge on any atom is -0.326 e. The Kier molecular flexibility index (Phi) is 8.70. The predicted molar refractivity (Wildman–Crippen MR) is 161 cm³/mol. The van der Waals surface area contributed by atoms with E-state index in [1.807, 2.05) is 11.8 Å². The average molecular weight is 667 g/mol. The molecular weight excluding hydrogens is 637 g/mol. The van der Waals surface area contributed by atoms with Gasteiger partial charge in [0.05, 0.1) is 10.9 Å². The molecule has 3 aromatic rings. The molecule has 0 spiro atoms. The van der Waals surface area contributed by atoms with Gasteiger partial charge in [-0.05, 0) is 42.9 Å². The first-order chi connectivity index (χ1) is 21.1. The van der Waals surface area contributed by atoms with Gasteiger partial charge < -0.3 is 9.69 Å². The molecule has 2 fully saturated rings. The smallest absolute Gasteiger partial charge is 0.326 e. The van der Waals surface area contributed by atoms with Crippen molar-refractivity contribution in [3.05, 3.63) is 74.8 Å². The molecule has 1 saturated carbocycles. The van der Waals surface area contributed by atoms with Gasteiger partial charge in [-0.25, -0.2) is 27.2 Å². The van der Waals surface area contributed by atoms with Crippen molar-refractivity contribution < 1.29 is 26.4 Å². The topological polar surface area (TPSA) is 110 Å². The summed E-state index contributed by atoms with van der Waals surface area (Å²) in [6.07, 6.45) is 6.05. The number of hydrogen-bond acceptors (Lipinski definition) is 8. The number of amidine groups is 1. The van der Waals surface area contributed by atoms with Crippen LogP contribution in [0.5, 0.6) is 0 Å². The van der Waals surface area contributed by atoms with Crippen LogP contribution >= 0.6 is 22.9 Å². The molecule has 234 valence electrons. The summed E-state index contributed by atoms with van der Waals surface area (Å²) in [5, 5.41) is 5.89. The van der Waals surface area contributed by atoms with E-state index in [-0.39, 0.29) is 41.9 Å². The van der Waals surface area contributed by atoms with Crippen LogP contribution in [0, 0.1) is 17.7 Å².